The first-order valence-corrected chi connectivity index (χ1v) is 6.04. The number of hydrogen-bond donors (Lipinski definition) is 1. The Hall–Kier alpha value is -0.370. The fraction of sp³-hybridized carbons (Fsp3) is 0.917. The van der Waals surface area contributed by atoms with Crippen molar-refractivity contribution in [3.8, 4) is 0 Å². The van der Waals surface area contributed by atoms with E-state index >= 15 is 0 Å². The summed E-state index contributed by atoms with van der Waals surface area (Å²) in [5.41, 5.74) is 0.0473. The van der Waals surface area contributed by atoms with Gasteiger partial charge < -0.3 is 10.1 Å². The van der Waals surface area contributed by atoms with Gasteiger partial charge >= 0.3 is 0 Å². The van der Waals surface area contributed by atoms with Crippen LogP contribution in [0.15, 0.2) is 0 Å². The molecule has 14 heavy (non-hydrogen) atoms. The zero-order chi connectivity index (χ0) is 9.86. The van der Waals surface area contributed by atoms with Crippen molar-refractivity contribution in [3.63, 3.8) is 0 Å². The number of carbonyl (C=O) groups is 1. The molecule has 1 aliphatic heterocycles. The summed E-state index contributed by atoms with van der Waals surface area (Å²) < 4.78 is 0. The van der Waals surface area contributed by atoms with E-state index in [1.807, 2.05) is 0 Å². The van der Waals surface area contributed by atoms with E-state index < -0.39 is 0 Å². The third-order valence-electron chi connectivity index (χ3n) is 4.19. The highest BCUT2D eigenvalue weighted by molar-refractivity contribution is 5.60. The SMILES string of the molecule is O=CC1(C2CCCCC2)CCNCC1. The van der Waals surface area contributed by atoms with E-state index in [-0.39, 0.29) is 5.41 Å². The average molecular weight is 195 g/mol. The smallest absolute Gasteiger partial charge is 0.126 e. The van der Waals surface area contributed by atoms with Crippen molar-refractivity contribution in [2.45, 2.75) is 44.9 Å². The minimum Gasteiger partial charge on any atom is -0.317 e. The Labute approximate surface area is 86.5 Å². The maximum absolute atomic E-state index is 11.4. The summed E-state index contributed by atoms with van der Waals surface area (Å²) in [4.78, 5) is 11.4. The molecule has 0 amide bonds. The molecule has 0 unspecified atom stereocenters. The average Bonchev–Trinajstić information content (AvgIpc) is 2.31. The van der Waals surface area contributed by atoms with Gasteiger partial charge in [-0.3, -0.25) is 0 Å². The largest absolute Gasteiger partial charge is 0.317 e. The van der Waals surface area contributed by atoms with E-state index in [0.29, 0.717) is 5.92 Å². The van der Waals surface area contributed by atoms with Crippen LogP contribution in [0.2, 0.25) is 0 Å². The molecule has 80 valence electrons. The lowest BCUT2D eigenvalue weighted by Gasteiger charge is -2.41. The van der Waals surface area contributed by atoms with E-state index in [1.54, 1.807) is 0 Å². The highest BCUT2D eigenvalue weighted by atomic mass is 16.1. The zero-order valence-electron chi connectivity index (χ0n) is 8.93. The van der Waals surface area contributed by atoms with E-state index in [0.717, 1.165) is 25.9 Å². The van der Waals surface area contributed by atoms with Gasteiger partial charge in [0.05, 0.1) is 0 Å². The van der Waals surface area contributed by atoms with Crippen LogP contribution >= 0.6 is 0 Å². The topological polar surface area (TPSA) is 29.1 Å². The van der Waals surface area contributed by atoms with Crippen LogP contribution in [-0.4, -0.2) is 19.4 Å². The molecule has 2 nitrogen and oxygen atoms in total. The first-order chi connectivity index (χ1) is 6.87. The number of hydrogen-bond acceptors (Lipinski definition) is 2. The minimum absolute atomic E-state index is 0.0473. The van der Waals surface area contributed by atoms with Gasteiger partial charge in [-0.25, -0.2) is 0 Å². The second kappa shape index (κ2) is 4.43. The van der Waals surface area contributed by atoms with Crippen LogP contribution in [0.3, 0.4) is 0 Å². The standard InChI is InChI=1S/C12H21NO/c14-10-12(6-8-13-9-7-12)11-4-2-1-3-5-11/h10-11,13H,1-9H2. The summed E-state index contributed by atoms with van der Waals surface area (Å²) in [7, 11) is 0. The lowest BCUT2D eigenvalue weighted by Crippen LogP contribution is -2.43. The maximum atomic E-state index is 11.4. The van der Waals surface area contributed by atoms with Crippen molar-refractivity contribution in [3.05, 3.63) is 0 Å². The summed E-state index contributed by atoms with van der Waals surface area (Å²) in [5.74, 6) is 0.691. The van der Waals surface area contributed by atoms with E-state index in [2.05, 4.69) is 5.32 Å². The van der Waals surface area contributed by atoms with E-state index in [4.69, 9.17) is 0 Å². The van der Waals surface area contributed by atoms with Crippen molar-refractivity contribution < 1.29 is 4.79 Å². The summed E-state index contributed by atoms with van der Waals surface area (Å²) in [6.45, 7) is 2.07. The van der Waals surface area contributed by atoms with Gasteiger partial charge in [-0.15, -0.1) is 0 Å². The predicted molar refractivity (Wildman–Crippen MR) is 57.2 cm³/mol. The van der Waals surface area contributed by atoms with Gasteiger partial charge in [0.25, 0.3) is 0 Å². The van der Waals surface area contributed by atoms with Crippen LogP contribution in [-0.2, 0) is 4.79 Å². The molecule has 0 aromatic carbocycles. The Bertz CT molecular complexity index is 190. The van der Waals surface area contributed by atoms with Gasteiger partial charge in [0, 0.05) is 5.41 Å². The highest BCUT2D eigenvalue weighted by Gasteiger charge is 2.39. The van der Waals surface area contributed by atoms with Gasteiger partial charge in [-0.2, -0.15) is 0 Å². The fourth-order valence-corrected chi connectivity index (χ4v) is 3.19. The molecule has 1 N–H and O–H groups in total. The lowest BCUT2D eigenvalue weighted by atomic mass is 9.65. The summed E-state index contributed by atoms with van der Waals surface area (Å²) in [6.07, 6.45) is 10.1. The van der Waals surface area contributed by atoms with Crippen molar-refractivity contribution in [1.29, 1.82) is 0 Å². The second-order valence-electron chi connectivity index (χ2n) is 4.94. The quantitative estimate of drug-likeness (QED) is 0.684. The van der Waals surface area contributed by atoms with Gasteiger partial charge in [0.15, 0.2) is 0 Å². The molecule has 1 saturated heterocycles. The molecule has 0 aromatic heterocycles. The van der Waals surface area contributed by atoms with Crippen LogP contribution in [0.25, 0.3) is 0 Å². The third-order valence-corrected chi connectivity index (χ3v) is 4.19. The molecule has 0 radical (unpaired) electrons. The number of carbonyl (C=O) groups excluding carboxylic acids is 1. The van der Waals surface area contributed by atoms with Crippen LogP contribution in [0, 0.1) is 11.3 Å². The Morgan fingerprint density at radius 2 is 1.71 bits per heavy atom. The molecule has 1 saturated carbocycles. The first kappa shape index (κ1) is 10.2. The molecule has 0 bridgehead atoms. The molecule has 1 heterocycles. The van der Waals surface area contributed by atoms with Crippen molar-refractivity contribution >= 4 is 6.29 Å². The van der Waals surface area contributed by atoms with Crippen molar-refractivity contribution in [2.75, 3.05) is 13.1 Å². The maximum Gasteiger partial charge on any atom is 0.126 e. The van der Waals surface area contributed by atoms with E-state index in [1.165, 1.54) is 38.4 Å². The van der Waals surface area contributed by atoms with Gasteiger partial charge in [0.1, 0.15) is 6.29 Å². The Kier molecular flexibility index (Phi) is 3.22. The third kappa shape index (κ3) is 1.85. The number of piperidine rings is 1. The monoisotopic (exact) mass is 195 g/mol. The molecule has 2 heteroatoms. The van der Waals surface area contributed by atoms with Gasteiger partial charge in [-0.1, -0.05) is 19.3 Å². The normalized spacial score (nSPS) is 28.6. The highest BCUT2D eigenvalue weighted by Crippen LogP contribution is 2.42. The molecule has 1 aliphatic carbocycles. The summed E-state index contributed by atoms with van der Waals surface area (Å²) >= 11 is 0. The van der Waals surface area contributed by atoms with Crippen molar-refractivity contribution in [1.82, 2.24) is 5.32 Å². The number of nitrogens with one attached hydrogen (secondary N) is 1. The predicted octanol–water partition coefficient (Wildman–Crippen LogP) is 2.14. The second-order valence-corrected chi connectivity index (χ2v) is 4.94. The van der Waals surface area contributed by atoms with Gasteiger partial charge in [-0.05, 0) is 44.7 Å². The Balaban J connectivity index is 2.04. The zero-order valence-corrected chi connectivity index (χ0v) is 8.93. The number of rotatable bonds is 2. The Morgan fingerprint density at radius 3 is 2.29 bits per heavy atom. The van der Waals surface area contributed by atoms with Crippen LogP contribution < -0.4 is 5.32 Å². The fourth-order valence-electron chi connectivity index (χ4n) is 3.19. The molecule has 0 atom stereocenters. The molecule has 2 rings (SSSR count). The molecule has 2 fully saturated rings. The first-order valence-electron chi connectivity index (χ1n) is 6.04. The Morgan fingerprint density at radius 1 is 1.07 bits per heavy atom. The lowest BCUT2D eigenvalue weighted by molar-refractivity contribution is -0.121. The minimum atomic E-state index is 0.0473. The van der Waals surface area contributed by atoms with Crippen LogP contribution in [0.4, 0.5) is 0 Å². The van der Waals surface area contributed by atoms with Gasteiger partial charge in [0.2, 0.25) is 0 Å². The molecular formula is C12H21NO. The molecule has 2 aliphatic rings. The van der Waals surface area contributed by atoms with Crippen molar-refractivity contribution in [2.24, 2.45) is 11.3 Å². The van der Waals surface area contributed by atoms with Crippen LogP contribution in [0.1, 0.15) is 44.9 Å². The summed E-state index contributed by atoms with van der Waals surface area (Å²) in [5, 5.41) is 3.35. The molecule has 0 aromatic rings. The van der Waals surface area contributed by atoms with E-state index in [9.17, 15) is 4.79 Å². The number of aldehydes is 1. The summed E-state index contributed by atoms with van der Waals surface area (Å²) in [6, 6.07) is 0. The molecule has 0 spiro atoms. The van der Waals surface area contributed by atoms with Crippen LogP contribution in [0.5, 0.6) is 0 Å². The molecular weight excluding hydrogens is 174 g/mol.